The maximum absolute atomic E-state index is 14.0. The normalized spacial score (nSPS) is 19.3. The van der Waals surface area contributed by atoms with Gasteiger partial charge in [-0.3, -0.25) is 4.79 Å². The quantitative estimate of drug-likeness (QED) is 0.908. The van der Waals surface area contributed by atoms with Gasteiger partial charge in [-0.25, -0.2) is 4.39 Å². The zero-order chi connectivity index (χ0) is 15.5. The molecule has 1 aromatic rings. The molecular formula is C17H23FN2O2. The summed E-state index contributed by atoms with van der Waals surface area (Å²) in [5, 5.41) is 3.58. The van der Waals surface area contributed by atoms with Gasteiger partial charge in [0.2, 0.25) is 0 Å². The Bertz CT molecular complexity index is 537. The van der Waals surface area contributed by atoms with Crippen LogP contribution in [0.1, 0.15) is 36.0 Å². The Labute approximate surface area is 130 Å². The van der Waals surface area contributed by atoms with Gasteiger partial charge in [0.1, 0.15) is 17.1 Å². The monoisotopic (exact) mass is 306 g/mol. The Balaban J connectivity index is 1.59. The van der Waals surface area contributed by atoms with Gasteiger partial charge in [0, 0.05) is 19.1 Å². The number of carbonyl (C=O) groups is 1. The van der Waals surface area contributed by atoms with Crippen LogP contribution in [0.5, 0.6) is 5.75 Å². The molecule has 0 unspecified atom stereocenters. The lowest BCUT2D eigenvalue weighted by molar-refractivity contribution is 0.0696. The van der Waals surface area contributed by atoms with Gasteiger partial charge in [-0.15, -0.1) is 0 Å². The van der Waals surface area contributed by atoms with Gasteiger partial charge < -0.3 is 15.0 Å². The van der Waals surface area contributed by atoms with Crippen LogP contribution >= 0.6 is 0 Å². The first-order chi connectivity index (χ1) is 10.7. The van der Waals surface area contributed by atoms with E-state index in [1.165, 1.54) is 26.0 Å². The molecule has 1 amide bonds. The molecule has 5 heteroatoms. The number of hydrogen-bond donors (Lipinski definition) is 1. The minimum atomic E-state index is -0.515. The zero-order valence-corrected chi connectivity index (χ0v) is 13.0. The van der Waals surface area contributed by atoms with E-state index in [0.29, 0.717) is 24.9 Å². The van der Waals surface area contributed by atoms with Crippen LogP contribution in [0.15, 0.2) is 18.2 Å². The minimum absolute atomic E-state index is 0.0504. The average molecular weight is 306 g/mol. The second-order valence-corrected chi connectivity index (χ2v) is 6.24. The molecule has 22 heavy (non-hydrogen) atoms. The summed E-state index contributed by atoms with van der Waals surface area (Å²) in [7, 11) is 1.46. The van der Waals surface area contributed by atoms with E-state index in [9.17, 15) is 9.18 Å². The van der Waals surface area contributed by atoms with Crippen molar-refractivity contribution >= 4 is 5.91 Å². The molecule has 1 saturated heterocycles. The molecule has 1 N–H and O–H groups in total. The standard InChI is InChI=1S/C17H23FN2O2/c1-22-15-4-2-3-14(18)16(15)17(21)20-9-7-13(8-10-20)19-11-12-5-6-12/h2-4,12-13,19H,5-11H2,1H3. The number of likely N-dealkylation sites (tertiary alicyclic amines) is 1. The maximum atomic E-state index is 14.0. The van der Waals surface area contributed by atoms with Crippen LogP contribution in [0.4, 0.5) is 4.39 Å². The largest absolute Gasteiger partial charge is 0.496 e. The molecule has 0 bridgehead atoms. The average Bonchev–Trinajstić information content (AvgIpc) is 3.37. The number of amides is 1. The van der Waals surface area contributed by atoms with Crippen LogP contribution in [0.2, 0.25) is 0 Å². The molecule has 1 aliphatic carbocycles. The topological polar surface area (TPSA) is 41.6 Å². The molecule has 1 aliphatic heterocycles. The van der Waals surface area contributed by atoms with Crippen molar-refractivity contribution in [2.45, 2.75) is 31.7 Å². The fourth-order valence-corrected chi connectivity index (χ4v) is 2.98. The Kier molecular flexibility index (Phi) is 4.62. The van der Waals surface area contributed by atoms with Crippen molar-refractivity contribution in [1.29, 1.82) is 0 Å². The van der Waals surface area contributed by atoms with Crippen LogP contribution < -0.4 is 10.1 Å². The Morgan fingerprint density at radius 3 is 2.68 bits per heavy atom. The summed E-state index contributed by atoms with van der Waals surface area (Å²) >= 11 is 0. The summed E-state index contributed by atoms with van der Waals surface area (Å²) in [5.41, 5.74) is 0.0504. The molecule has 1 heterocycles. The molecule has 4 nitrogen and oxygen atoms in total. The molecule has 2 fully saturated rings. The highest BCUT2D eigenvalue weighted by Gasteiger charge is 2.28. The van der Waals surface area contributed by atoms with Gasteiger partial charge in [-0.2, -0.15) is 0 Å². The molecular weight excluding hydrogens is 283 g/mol. The van der Waals surface area contributed by atoms with Crippen LogP contribution in [0, 0.1) is 11.7 Å². The van der Waals surface area contributed by atoms with Gasteiger partial charge in [0.25, 0.3) is 5.91 Å². The van der Waals surface area contributed by atoms with Crippen molar-refractivity contribution in [2.75, 3.05) is 26.7 Å². The molecule has 0 spiro atoms. The van der Waals surface area contributed by atoms with Gasteiger partial charge in [-0.05, 0) is 50.3 Å². The van der Waals surface area contributed by atoms with Crippen molar-refractivity contribution < 1.29 is 13.9 Å². The second kappa shape index (κ2) is 6.65. The highest BCUT2D eigenvalue weighted by atomic mass is 19.1. The third-order valence-corrected chi connectivity index (χ3v) is 4.58. The lowest BCUT2D eigenvalue weighted by Gasteiger charge is -2.33. The molecule has 0 aromatic heterocycles. The summed E-state index contributed by atoms with van der Waals surface area (Å²) < 4.78 is 19.1. The van der Waals surface area contributed by atoms with E-state index in [1.807, 2.05) is 0 Å². The number of nitrogens with zero attached hydrogens (tertiary/aromatic N) is 1. The van der Waals surface area contributed by atoms with Crippen molar-refractivity contribution in [3.8, 4) is 5.75 Å². The maximum Gasteiger partial charge on any atom is 0.260 e. The van der Waals surface area contributed by atoms with Gasteiger partial charge >= 0.3 is 0 Å². The van der Waals surface area contributed by atoms with Crippen molar-refractivity contribution in [1.82, 2.24) is 10.2 Å². The highest BCUT2D eigenvalue weighted by molar-refractivity contribution is 5.97. The molecule has 0 atom stereocenters. The summed E-state index contributed by atoms with van der Waals surface area (Å²) in [6.07, 6.45) is 4.54. The number of methoxy groups -OCH3 is 1. The second-order valence-electron chi connectivity index (χ2n) is 6.24. The third kappa shape index (κ3) is 3.40. The van der Waals surface area contributed by atoms with E-state index in [2.05, 4.69) is 5.32 Å². The van der Waals surface area contributed by atoms with E-state index in [-0.39, 0.29) is 11.5 Å². The number of rotatable bonds is 5. The summed E-state index contributed by atoms with van der Waals surface area (Å²) in [4.78, 5) is 14.3. The lowest BCUT2D eigenvalue weighted by atomic mass is 10.0. The van der Waals surface area contributed by atoms with Crippen molar-refractivity contribution in [2.24, 2.45) is 5.92 Å². The van der Waals surface area contributed by atoms with E-state index in [1.54, 1.807) is 17.0 Å². The first-order valence-electron chi connectivity index (χ1n) is 8.04. The lowest BCUT2D eigenvalue weighted by Crippen LogP contribution is -2.45. The van der Waals surface area contributed by atoms with Crippen molar-refractivity contribution in [3.05, 3.63) is 29.6 Å². The molecule has 120 valence electrons. The minimum Gasteiger partial charge on any atom is -0.496 e. The van der Waals surface area contributed by atoms with E-state index < -0.39 is 5.82 Å². The van der Waals surface area contributed by atoms with Gasteiger partial charge in [0.15, 0.2) is 0 Å². The smallest absolute Gasteiger partial charge is 0.260 e. The van der Waals surface area contributed by atoms with Crippen LogP contribution in [-0.4, -0.2) is 43.6 Å². The first-order valence-corrected chi connectivity index (χ1v) is 8.04. The molecule has 2 aliphatic rings. The summed E-state index contributed by atoms with van der Waals surface area (Å²) in [5.74, 6) is 0.384. The first kappa shape index (κ1) is 15.3. The number of halogens is 1. The number of piperidine rings is 1. The summed E-state index contributed by atoms with van der Waals surface area (Å²) in [6.45, 7) is 2.43. The third-order valence-electron chi connectivity index (χ3n) is 4.58. The van der Waals surface area contributed by atoms with E-state index in [4.69, 9.17) is 4.74 Å². The predicted molar refractivity (Wildman–Crippen MR) is 82.6 cm³/mol. The molecule has 1 aromatic carbocycles. The number of hydrogen-bond acceptors (Lipinski definition) is 3. The molecule has 0 radical (unpaired) electrons. The van der Waals surface area contributed by atoms with Crippen molar-refractivity contribution in [3.63, 3.8) is 0 Å². The van der Waals surface area contributed by atoms with Crippen LogP contribution in [-0.2, 0) is 0 Å². The zero-order valence-electron chi connectivity index (χ0n) is 13.0. The fourth-order valence-electron chi connectivity index (χ4n) is 2.98. The Morgan fingerprint density at radius 1 is 1.32 bits per heavy atom. The number of nitrogens with one attached hydrogen (secondary N) is 1. The van der Waals surface area contributed by atoms with E-state index >= 15 is 0 Å². The summed E-state index contributed by atoms with van der Waals surface area (Å²) in [6, 6.07) is 4.96. The number of benzene rings is 1. The van der Waals surface area contributed by atoms with Gasteiger partial charge in [0.05, 0.1) is 7.11 Å². The van der Waals surface area contributed by atoms with Crippen LogP contribution in [0.25, 0.3) is 0 Å². The number of carbonyl (C=O) groups excluding carboxylic acids is 1. The van der Waals surface area contributed by atoms with Crippen LogP contribution in [0.3, 0.4) is 0 Å². The molecule has 3 rings (SSSR count). The Hall–Kier alpha value is -1.62. The fraction of sp³-hybridized carbons (Fsp3) is 0.588. The van der Waals surface area contributed by atoms with E-state index in [0.717, 1.165) is 25.3 Å². The van der Waals surface area contributed by atoms with Gasteiger partial charge in [-0.1, -0.05) is 6.07 Å². The number of ether oxygens (including phenoxy) is 1. The molecule has 1 saturated carbocycles. The SMILES string of the molecule is COc1cccc(F)c1C(=O)N1CCC(NCC2CC2)CC1. The predicted octanol–water partition coefficient (Wildman–Crippen LogP) is 2.44. The Morgan fingerprint density at radius 2 is 2.05 bits per heavy atom. The highest BCUT2D eigenvalue weighted by Crippen LogP contribution is 2.28.